The van der Waals surface area contributed by atoms with E-state index in [1.54, 1.807) is 38.1 Å². The molecule has 396 valence electrons. The Morgan fingerprint density at radius 2 is 1.23 bits per heavy atom. The van der Waals surface area contributed by atoms with Crippen LogP contribution in [-0.2, 0) is 68.8 Å². The molecule has 7 atom stereocenters. The Morgan fingerprint density at radius 1 is 0.649 bits per heavy atom. The minimum atomic E-state index is -1.39. The van der Waals surface area contributed by atoms with E-state index in [0.717, 1.165) is 5.56 Å². The average Bonchev–Trinajstić information content (AvgIpc) is 4.16. The summed E-state index contributed by atoms with van der Waals surface area (Å²) in [6.45, 7) is 9.64. The molecule has 0 aliphatic rings. The SMILES string of the molecule is CC(=O)NCC(CC(C)C)NC(=O)[C@H](Cc1cnc[nH]1)NC(=O)CNC(=O)[C@@H](NC(=O)[C@H](C)NC(=O)[C@H](Cc1cn(C=O)c2ccccc12)NC(=O)[C@H](Cc1cnc[nH]1)NC(=O)[C@H](N)Cc1ccccc1)C(C)C. The van der Waals surface area contributed by atoms with Gasteiger partial charge in [-0.15, -0.1) is 0 Å². The summed E-state index contributed by atoms with van der Waals surface area (Å²) in [6, 6.07) is 8.38. The highest BCUT2D eigenvalue weighted by atomic mass is 16.2. The minimum Gasteiger partial charge on any atom is -0.354 e. The number of para-hydroxylation sites is 1. The van der Waals surface area contributed by atoms with Crippen LogP contribution in [0.15, 0.2) is 85.8 Å². The van der Waals surface area contributed by atoms with E-state index in [0.29, 0.717) is 40.7 Å². The Hall–Kier alpha value is -8.21. The molecule has 5 rings (SSSR count). The molecule has 8 amide bonds. The predicted molar refractivity (Wildman–Crippen MR) is 274 cm³/mol. The first-order valence-electron chi connectivity index (χ1n) is 24.4. The average molecular weight is 1020 g/mol. The molecular weight excluding hydrogens is 953 g/mol. The zero-order valence-corrected chi connectivity index (χ0v) is 42.4. The summed E-state index contributed by atoms with van der Waals surface area (Å²) in [7, 11) is 0. The molecule has 0 bridgehead atoms. The summed E-state index contributed by atoms with van der Waals surface area (Å²) in [4.78, 5) is 134. The van der Waals surface area contributed by atoms with Gasteiger partial charge in [-0.3, -0.25) is 47.7 Å². The number of hydrogen-bond donors (Lipinski definition) is 11. The molecule has 3 aromatic heterocycles. The van der Waals surface area contributed by atoms with E-state index in [-0.39, 0.29) is 44.1 Å². The van der Waals surface area contributed by atoms with Crippen molar-refractivity contribution in [3.05, 3.63) is 108 Å². The van der Waals surface area contributed by atoms with Crippen LogP contribution in [0, 0.1) is 11.8 Å². The van der Waals surface area contributed by atoms with Gasteiger partial charge in [-0.05, 0) is 48.8 Å². The van der Waals surface area contributed by atoms with Crippen LogP contribution in [0.3, 0.4) is 0 Å². The Kier molecular flexibility index (Phi) is 21.1. The number of carbonyl (C=O) groups is 9. The van der Waals surface area contributed by atoms with Gasteiger partial charge in [-0.1, -0.05) is 76.2 Å². The van der Waals surface area contributed by atoms with Gasteiger partial charge in [0.1, 0.15) is 30.2 Å². The molecule has 0 spiro atoms. The lowest BCUT2D eigenvalue weighted by Crippen LogP contribution is -2.59. The molecule has 0 fully saturated rings. The Morgan fingerprint density at radius 3 is 1.82 bits per heavy atom. The van der Waals surface area contributed by atoms with Crippen LogP contribution in [0.1, 0.15) is 70.5 Å². The van der Waals surface area contributed by atoms with Crippen molar-refractivity contribution in [2.24, 2.45) is 17.6 Å². The van der Waals surface area contributed by atoms with Gasteiger partial charge in [-0.25, -0.2) is 9.97 Å². The number of carbonyl (C=O) groups excluding carboxylic acids is 9. The van der Waals surface area contributed by atoms with Gasteiger partial charge in [-0.2, -0.15) is 0 Å². The van der Waals surface area contributed by atoms with Gasteiger partial charge in [0, 0.05) is 74.1 Å². The number of H-pyrrole nitrogens is 2. The molecular formula is C51H68N14O9. The third kappa shape index (κ3) is 17.2. The van der Waals surface area contributed by atoms with Crippen LogP contribution in [-0.4, -0.2) is 134 Å². The fraction of sp³-hybridized carbons (Fsp3) is 0.431. The molecule has 0 radical (unpaired) electrons. The number of nitrogens with two attached hydrogens (primary N) is 1. The third-order valence-corrected chi connectivity index (χ3v) is 12.0. The van der Waals surface area contributed by atoms with Crippen LogP contribution in [0.2, 0.25) is 0 Å². The molecule has 0 aliphatic heterocycles. The van der Waals surface area contributed by atoms with Crippen LogP contribution in [0.25, 0.3) is 10.9 Å². The molecule has 0 aliphatic carbocycles. The lowest BCUT2D eigenvalue weighted by Gasteiger charge is -2.27. The number of nitrogens with zero attached hydrogens (tertiary/aromatic N) is 3. The number of fused-ring (bicyclic) bond motifs is 1. The van der Waals surface area contributed by atoms with E-state index in [1.807, 2.05) is 44.2 Å². The highest BCUT2D eigenvalue weighted by molar-refractivity contribution is 5.97. The third-order valence-electron chi connectivity index (χ3n) is 12.0. The first kappa shape index (κ1) is 56.7. The Bertz CT molecular complexity index is 2690. The summed E-state index contributed by atoms with van der Waals surface area (Å²) >= 11 is 0. The van der Waals surface area contributed by atoms with Crippen molar-refractivity contribution in [3.63, 3.8) is 0 Å². The number of hydrogen-bond acceptors (Lipinski definition) is 12. The lowest BCUT2D eigenvalue weighted by atomic mass is 10.0. The number of imidazole rings is 2. The van der Waals surface area contributed by atoms with E-state index >= 15 is 0 Å². The fourth-order valence-corrected chi connectivity index (χ4v) is 8.17. The maximum absolute atomic E-state index is 14.3. The standard InChI is InChI=1S/C51H68N14O9/c1-29(2)16-37(23-55-32(6)67)60-49(72)41(19-35-21-53-26-57-35)61-44(68)24-56-51(74)45(30(3)4)64-46(69)31(5)59-48(71)40(18-34-25-65(28-66)43-15-11-10-14-38(34)43)63-50(73)42(20-36-22-54-27-58-36)62-47(70)39(52)17-33-12-8-7-9-13-33/h7-15,21-22,25-31,37,39-42,45H,16-20,23-24,52H2,1-6H3,(H,53,57)(H,54,58)(H,55,67)(H,56,74)(H,59,71)(H,60,72)(H,61,68)(H,62,70)(H,63,73)(H,64,69)/t31-,37?,39+,40-,41-,42-,45-/m0/s1. The molecule has 0 saturated carbocycles. The zero-order valence-electron chi connectivity index (χ0n) is 42.4. The number of amides is 8. The van der Waals surface area contributed by atoms with Crippen LogP contribution >= 0.6 is 0 Å². The maximum Gasteiger partial charge on any atom is 0.243 e. The molecule has 5 aromatic rings. The number of aromatic amines is 2. The summed E-state index contributed by atoms with van der Waals surface area (Å²) in [5.41, 5.74) is 9.21. The van der Waals surface area contributed by atoms with Crippen molar-refractivity contribution in [1.29, 1.82) is 0 Å². The van der Waals surface area contributed by atoms with Crippen molar-refractivity contribution in [2.45, 2.75) is 116 Å². The van der Waals surface area contributed by atoms with Gasteiger partial charge in [0.25, 0.3) is 0 Å². The molecule has 12 N–H and O–H groups in total. The minimum absolute atomic E-state index is 0.0349. The largest absolute Gasteiger partial charge is 0.354 e. The second kappa shape index (κ2) is 27.6. The van der Waals surface area contributed by atoms with E-state index < -0.39 is 96.1 Å². The van der Waals surface area contributed by atoms with Crippen molar-refractivity contribution in [3.8, 4) is 0 Å². The van der Waals surface area contributed by atoms with E-state index in [9.17, 15) is 43.2 Å². The fourth-order valence-electron chi connectivity index (χ4n) is 8.17. The summed E-state index contributed by atoms with van der Waals surface area (Å²) in [5.74, 6) is -5.53. The predicted octanol–water partition coefficient (Wildman–Crippen LogP) is -0.393. The topological polar surface area (TPSA) is 338 Å². The van der Waals surface area contributed by atoms with Crippen LogP contribution < -0.4 is 48.3 Å². The quantitative estimate of drug-likeness (QED) is 0.0286. The molecule has 3 heterocycles. The second-order valence-electron chi connectivity index (χ2n) is 18.9. The number of aromatic nitrogens is 5. The number of nitrogens with one attached hydrogen (secondary N) is 10. The summed E-state index contributed by atoms with van der Waals surface area (Å²) in [6.07, 6.45) is 8.52. The maximum atomic E-state index is 14.3. The number of rotatable bonds is 28. The lowest BCUT2D eigenvalue weighted by molar-refractivity contribution is -0.135. The van der Waals surface area contributed by atoms with Crippen molar-refractivity contribution in [1.82, 2.24) is 67.0 Å². The molecule has 23 heteroatoms. The molecule has 1 unspecified atom stereocenters. The Balaban J connectivity index is 1.27. The highest BCUT2D eigenvalue weighted by Crippen LogP contribution is 2.22. The van der Waals surface area contributed by atoms with Crippen LogP contribution in [0.5, 0.6) is 0 Å². The van der Waals surface area contributed by atoms with E-state index in [1.165, 1.54) is 49.7 Å². The van der Waals surface area contributed by atoms with Gasteiger partial charge >= 0.3 is 0 Å². The van der Waals surface area contributed by atoms with E-state index in [4.69, 9.17) is 5.73 Å². The smallest absolute Gasteiger partial charge is 0.243 e. The highest BCUT2D eigenvalue weighted by Gasteiger charge is 2.33. The molecule has 74 heavy (non-hydrogen) atoms. The molecule has 2 aromatic carbocycles. The normalized spacial score (nSPS) is 14.1. The molecule has 0 saturated heterocycles. The Labute approximate surface area is 428 Å². The zero-order chi connectivity index (χ0) is 53.9. The van der Waals surface area contributed by atoms with Gasteiger partial charge < -0.3 is 58.2 Å². The molecule has 23 nitrogen and oxygen atoms in total. The van der Waals surface area contributed by atoms with Gasteiger partial charge in [0.05, 0.1) is 30.8 Å². The van der Waals surface area contributed by atoms with Gasteiger partial charge in [0.2, 0.25) is 53.7 Å². The first-order chi connectivity index (χ1) is 35.3. The number of benzene rings is 2. The van der Waals surface area contributed by atoms with Crippen molar-refractivity contribution >= 4 is 64.6 Å². The van der Waals surface area contributed by atoms with Crippen LogP contribution in [0.4, 0.5) is 0 Å². The summed E-state index contributed by atoms with van der Waals surface area (Å²) in [5, 5.41) is 22.2. The second-order valence-corrected chi connectivity index (χ2v) is 18.9. The summed E-state index contributed by atoms with van der Waals surface area (Å²) < 4.78 is 1.34. The van der Waals surface area contributed by atoms with Crippen molar-refractivity contribution in [2.75, 3.05) is 13.1 Å². The monoisotopic (exact) mass is 1020 g/mol. The van der Waals surface area contributed by atoms with Crippen molar-refractivity contribution < 1.29 is 43.2 Å². The van der Waals surface area contributed by atoms with Gasteiger partial charge in [0.15, 0.2) is 0 Å². The first-order valence-corrected chi connectivity index (χ1v) is 24.4. The van der Waals surface area contributed by atoms with E-state index in [2.05, 4.69) is 62.5 Å².